The maximum atomic E-state index is 4.32. The van der Waals surface area contributed by atoms with E-state index in [0.717, 1.165) is 22.4 Å². The van der Waals surface area contributed by atoms with Gasteiger partial charge in [-0.2, -0.15) is 5.10 Å². The molecule has 14 heavy (non-hydrogen) atoms. The third kappa shape index (κ3) is 1.85. The van der Waals surface area contributed by atoms with E-state index < -0.39 is 0 Å². The summed E-state index contributed by atoms with van der Waals surface area (Å²) < 4.78 is 2.85. The van der Waals surface area contributed by atoms with Crippen LogP contribution in [0.15, 0.2) is 35.1 Å². The van der Waals surface area contributed by atoms with Crippen molar-refractivity contribution in [1.82, 2.24) is 14.8 Å². The lowest BCUT2D eigenvalue weighted by Crippen LogP contribution is -1.95. The van der Waals surface area contributed by atoms with Crippen LogP contribution in [0.4, 0.5) is 0 Å². The number of rotatable bonds is 2. The van der Waals surface area contributed by atoms with Crippen LogP contribution >= 0.6 is 15.9 Å². The van der Waals surface area contributed by atoms with Gasteiger partial charge in [-0.25, -0.2) is 9.67 Å². The van der Waals surface area contributed by atoms with E-state index in [2.05, 4.69) is 26.0 Å². The molecule has 72 valence electrons. The van der Waals surface area contributed by atoms with E-state index in [9.17, 15) is 0 Å². The van der Waals surface area contributed by atoms with Crippen molar-refractivity contribution in [1.29, 1.82) is 0 Å². The van der Waals surface area contributed by atoms with E-state index in [0.29, 0.717) is 0 Å². The average molecular weight is 252 g/mol. The van der Waals surface area contributed by atoms with Crippen molar-refractivity contribution in [2.45, 2.75) is 13.3 Å². The molecule has 0 atom stereocenters. The normalized spacial score (nSPS) is 10.4. The Morgan fingerprint density at radius 3 is 2.57 bits per heavy atom. The number of nitrogens with zero attached hydrogens (tertiary/aromatic N) is 3. The molecule has 2 rings (SSSR count). The number of benzene rings is 1. The van der Waals surface area contributed by atoms with E-state index in [1.807, 2.05) is 31.2 Å². The molecule has 0 saturated heterocycles. The Morgan fingerprint density at radius 2 is 2.00 bits per heavy atom. The van der Waals surface area contributed by atoms with E-state index >= 15 is 0 Å². The van der Waals surface area contributed by atoms with Crippen molar-refractivity contribution in [3.05, 3.63) is 40.9 Å². The smallest absolute Gasteiger partial charge is 0.150 e. The van der Waals surface area contributed by atoms with Crippen LogP contribution in [-0.2, 0) is 6.42 Å². The monoisotopic (exact) mass is 251 g/mol. The number of halogens is 1. The Hall–Kier alpha value is -1.16. The summed E-state index contributed by atoms with van der Waals surface area (Å²) in [5, 5.41) is 4.32. The van der Waals surface area contributed by atoms with Gasteiger partial charge in [0.05, 0.1) is 5.69 Å². The quantitative estimate of drug-likeness (QED) is 0.822. The first kappa shape index (κ1) is 9.40. The second-order valence-corrected chi connectivity index (χ2v) is 3.85. The van der Waals surface area contributed by atoms with Gasteiger partial charge in [0.2, 0.25) is 0 Å². The fourth-order valence-corrected chi connectivity index (χ4v) is 1.44. The molecule has 0 amide bonds. The van der Waals surface area contributed by atoms with Gasteiger partial charge in [-0.3, -0.25) is 0 Å². The average Bonchev–Trinajstić information content (AvgIpc) is 2.67. The van der Waals surface area contributed by atoms with Gasteiger partial charge >= 0.3 is 0 Å². The zero-order valence-corrected chi connectivity index (χ0v) is 9.40. The Morgan fingerprint density at radius 1 is 1.29 bits per heavy atom. The topological polar surface area (TPSA) is 30.7 Å². The number of hydrogen-bond donors (Lipinski definition) is 0. The Labute approximate surface area is 90.9 Å². The second kappa shape index (κ2) is 3.92. The van der Waals surface area contributed by atoms with Crippen LogP contribution in [0.2, 0.25) is 0 Å². The molecule has 0 fully saturated rings. The van der Waals surface area contributed by atoms with Gasteiger partial charge in [0, 0.05) is 10.9 Å². The largest absolute Gasteiger partial charge is 0.221 e. The molecule has 0 N–H and O–H groups in total. The number of aromatic nitrogens is 3. The molecule has 1 aromatic heterocycles. The highest BCUT2D eigenvalue weighted by Gasteiger charge is 1.99. The minimum absolute atomic E-state index is 0.865. The third-order valence-electron chi connectivity index (χ3n) is 1.95. The van der Waals surface area contributed by atoms with Crippen LogP contribution in [0.3, 0.4) is 0 Å². The Kier molecular flexibility index (Phi) is 2.63. The molecular weight excluding hydrogens is 242 g/mol. The Bertz CT molecular complexity index is 419. The number of aryl methyl sites for hydroxylation is 1. The van der Waals surface area contributed by atoms with Crippen molar-refractivity contribution < 1.29 is 0 Å². The van der Waals surface area contributed by atoms with Crippen LogP contribution in [0, 0.1) is 0 Å². The highest BCUT2D eigenvalue weighted by atomic mass is 79.9. The molecule has 0 saturated carbocycles. The fourth-order valence-electron chi connectivity index (χ4n) is 1.18. The predicted molar refractivity (Wildman–Crippen MR) is 58.4 cm³/mol. The second-order valence-electron chi connectivity index (χ2n) is 2.94. The molecule has 1 aromatic carbocycles. The van der Waals surface area contributed by atoms with Gasteiger partial charge in [-0.05, 0) is 24.3 Å². The molecule has 0 unspecified atom stereocenters. The SMILES string of the molecule is CCc1ncn(-c2ccc(Br)cc2)n1. The molecular formula is C10H10BrN3. The van der Waals surface area contributed by atoms with Crippen LogP contribution in [0.25, 0.3) is 5.69 Å². The lowest BCUT2D eigenvalue weighted by Gasteiger charge is -1.99. The first-order chi connectivity index (χ1) is 6.79. The summed E-state index contributed by atoms with van der Waals surface area (Å²) in [4.78, 5) is 4.17. The maximum Gasteiger partial charge on any atom is 0.150 e. The molecule has 0 radical (unpaired) electrons. The van der Waals surface area contributed by atoms with Crippen LogP contribution in [0.1, 0.15) is 12.7 Å². The lowest BCUT2D eigenvalue weighted by atomic mass is 10.3. The first-order valence-electron chi connectivity index (χ1n) is 4.46. The van der Waals surface area contributed by atoms with Crippen molar-refractivity contribution in [2.75, 3.05) is 0 Å². The zero-order chi connectivity index (χ0) is 9.97. The third-order valence-corrected chi connectivity index (χ3v) is 2.48. The predicted octanol–water partition coefficient (Wildman–Crippen LogP) is 2.59. The highest BCUT2D eigenvalue weighted by molar-refractivity contribution is 9.10. The van der Waals surface area contributed by atoms with Gasteiger partial charge in [0.15, 0.2) is 5.82 Å². The van der Waals surface area contributed by atoms with Crippen molar-refractivity contribution in [2.24, 2.45) is 0 Å². The highest BCUT2D eigenvalue weighted by Crippen LogP contribution is 2.12. The first-order valence-corrected chi connectivity index (χ1v) is 5.25. The molecule has 1 heterocycles. The fraction of sp³-hybridized carbons (Fsp3) is 0.200. The van der Waals surface area contributed by atoms with Gasteiger partial charge in [-0.15, -0.1) is 0 Å². The summed E-state index contributed by atoms with van der Waals surface area (Å²) in [7, 11) is 0. The summed E-state index contributed by atoms with van der Waals surface area (Å²) in [5.74, 6) is 0.868. The van der Waals surface area contributed by atoms with Gasteiger partial charge in [-0.1, -0.05) is 22.9 Å². The molecule has 4 heteroatoms. The van der Waals surface area contributed by atoms with Crippen molar-refractivity contribution >= 4 is 15.9 Å². The molecule has 0 bridgehead atoms. The van der Waals surface area contributed by atoms with E-state index in [1.54, 1.807) is 11.0 Å². The van der Waals surface area contributed by atoms with Crippen molar-refractivity contribution in [3.63, 3.8) is 0 Å². The summed E-state index contributed by atoms with van der Waals surface area (Å²) in [6.07, 6.45) is 2.60. The van der Waals surface area contributed by atoms with E-state index in [1.165, 1.54) is 0 Å². The summed E-state index contributed by atoms with van der Waals surface area (Å²) in [5.41, 5.74) is 1.03. The van der Waals surface area contributed by atoms with Gasteiger partial charge in [0.25, 0.3) is 0 Å². The lowest BCUT2D eigenvalue weighted by molar-refractivity contribution is 0.839. The molecule has 0 aliphatic rings. The molecule has 2 aromatic rings. The molecule has 0 spiro atoms. The summed E-state index contributed by atoms with van der Waals surface area (Å²) >= 11 is 3.39. The summed E-state index contributed by atoms with van der Waals surface area (Å²) in [6.45, 7) is 2.04. The number of hydrogen-bond acceptors (Lipinski definition) is 2. The van der Waals surface area contributed by atoms with Gasteiger partial charge in [0.1, 0.15) is 6.33 Å². The molecule has 0 aliphatic carbocycles. The Balaban J connectivity index is 2.34. The van der Waals surface area contributed by atoms with Crippen LogP contribution < -0.4 is 0 Å². The maximum absolute atomic E-state index is 4.32. The minimum atomic E-state index is 0.865. The minimum Gasteiger partial charge on any atom is -0.221 e. The van der Waals surface area contributed by atoms with E-state index in [-0.39, 0.29) is 0 Å². The van der Waals surface area contributed by atoms with E-state index in [4.69, 9.17) is 0 Å². The molecule has 0 aliphatic heterocycles. The van der Waals surface area contributed by atoms with Gasteiger partial charge < -0.3 is 0 Å². The summed E-state index contributed by atoms with van der Waals surface area (Å²) in [6, 6.07) is 7.97. The van der Waals surface area contributed by atoms with Crippen LogP contribution in [-0.4, -0.2) is 14.8 Å². The van der Waals surface area contributed by atoms with Crippen LogP contribution in [0.5, 0.6) is 0 Å². The molecule has 3 nitrogen and oxygen atoms in total. The van der Waals surface area contributed by atoms with Crippen molar-refractivity contribution in [3.8, 4) is 5.69 Å². The zero-order valence-electron chi connectivity index (χ0n) is 7.81. The standard InChI is InChI=1S/C10H10BrN3/c1-2-10-12-7-14(13-10)9-5-3-8(11)4-6-9/h3-7H,2H2,1H3.